The number of rotatable bonds is 5. The average molecular weight is 289 g/mol. The van der Waals surface area contributed by atoms with Gasteiger partial charge in [-0.1, -0.05) is 6.07 Å². The van der Waals surface area contributed by atoms with Gasteiger partial charge in [-0.25, -0.2) is 4.98 Å². The second kappa shape index (κ2) is 6.92. The van der Waals surface area contributed by atoms with E-state index in [1.54, 1.807) is 11.3 Å². The predicted octanol–water partition coefficient (Wildman–Crippen LogP) is 2.72. The Morgan fingerprint density at radius 2 is 2.30 bits per heavy atom. The Kier molecular flexibility index (Phi) is 4.73. The van der Waals surface area contributed by atoms with E-state index >= 15 is 0 Å². The van der Waals surface area contributed by atoms with E-state index < -0.39 is 0 Å². The molecule has 0 N–H and O–H groups in total. The number of likely N-dealkylation sites (tertiary alicyclic amines) is 1. The highest BCUT2D eigenvalue weighted by molar-refractivity contribution is 7.07. The van der Waals surface area contributed by atoms with Crippen LogP contribution in [0.3, 0.4) is 0 Å². The third kappa shape index (κ3) is 3.85. The Balaban J connectivity index is 1.48. The molecule has 5 heteroatoms. The third-order valence-electron chi connectivity index (χ3n) is 3.52. The van der Waals surface area contributed by atoms with Gasteiger partial charge in [0.1, 0.15) is 0 Å². The van der Waals surface area contributed by atoms with Crippen LogP contribution in [0, 0.1) is 0 Å². The molecule has 0 aliphatic carbocycles. The van der Waals surface area contributed by atoms with Crippen molar-refractivity contribution in [3.05, 3.63) is 46.7 Å². The van der Waals surface area contributed by atoms with Gasteiger partial charge in [0.15, 0.2) is 0 Å². The molecule has 0 saturated carbocycles. The minimum Gasteiger partial charge on any atom is -0.371 e. The third-order valence-corrected chi connectivity index (χ3v) is 4.16. The number of piperidine rings is 1. The zero-order chi connectivity index (χ0) is 13.6. The van der Waals surface area contributed by atoms with E-state index in [1.165, 1.54) is 12.1 Å². The highest BCUT2D eigenvalue weighted by Crippen LogP contribution is 2.17. The standard InChI is InChI=1S/C15H19N3OS/c1-2-6-16-13(4-1)10-19-15-5-3-7-18(9-15)8-14-11-20-12-17-14/h1-2,4,6,11-12,15H,3,5,7-10H2/t15-/m1/s1. The summed E-state index contributed by atoms with van der Waals surface area (Å²) in [5.41, 5.74) is 4.07. The number of thiazole rings is 1. The van der Waals surface area contributed by atoms with Crippen molar-refractivity contribution >= 4 is 11.3 Å². The van der Waals surface area contributed by atoms with Gasteiger partial charge in [0.25, 0.3) is 0 Å². The fourth-order valence-electron chi connectivity index (χ4n) is 2.52. The summed E-state index contributed by atoms with van der Waals surface area (Å²) >= 11 is 1.66. The first kappa shape index (κ1) is 13.7. The Morgan fingerprint density at radius 3 is 3.10 bits per heavy atom. The lowest BCUT2D eigenvalue weighted by Gasteiger charge is -2.32. The fourth-order valence-corrected chi connectivity index (χ4v) is 3.07. The van der Waals surface area contributed by atoms with Crippen LogP contribution < -0.4 is 0 Å². The lowest BCUT2D eigenvalue weighted by molar-refractivity contribution is -0.0135. The van der Waals surface area contributed by atoms with Crippen LogP contribution in [0.5, 0.6) is 0 Å². The Bertz CT molecular complexity index is 503. The van der Waals surface area contributed by atoms with Crippen molar-refractivity contribution in [2.45, 2.75) is 32.1 Å². The molecule has 0 radical (unpaired) electrons. The van der Waals surface area contributed by atoms with Crippen LogP contribution in [0.2, 0.25) is 0 Å². The van der Waals surface area contributed by atoms with E-state index in [2.05, 4.69) is 20.2 Å². The summed E-state index contributed by atoms with van der Waals surface area (Å²) in [6.45, 7) is 3.67. The second-order valence-electron chi connectivity index (χ2n) is 5.11. The molecule has 0 spiro atoms. The molecule has 106 valence electrons. The molecule has 20 heavy (non-hydrogen) atoms. The van der Waals surface area contributed by atoms with Gasteiger partial charge in [-0.05, 0) is 31.5 Å². The van der Waals surface area contributed by atoms with E-state index in [0.29, 0.717) is 12.7 Å². The number of aromatic nitrogens is 2. The molecule has 3 heterocycles. The van der Waals surface area contributed by atoms with Crippen molar-refractivity contribution in [2.24, 2.45) is 0 Å². The maximum atomic E-state index is 6.00. The Hall–Kier alpha value is -1.30. The largest absolute Gasteiger partial charge is 0.371 e. The summed E-state index contributed by atoms with van der Waals surface area (Å²) in [7, 11) is 0. The molecule has 3 rings (SSSR count). The van der Waals surface area contributed by atoms with E-state index in [0.717, 1.165) is 31.7 Å². The number of hydrogen-bond donors (Lipinski definition) is 0. The van der Waals surface area contributed by atoms with Gasteiger partial charge >= 0.3 is 0 Å². The molecule has 0 aromatic carbocycles. The molecule has 1 aliphatic heterocycles. The molecule has 1 fully saturated rings. The molecule has 2 aromatic heterocycles. The van der Waals surface area contributed by atoms with Crippen molar-refractivity contribution < 1.29 is 4.74 Å². The zero-order valence-corrected chi connectivity index (χ0v) is 12.3. The summed E-state index contributed by atoms with van der Waals surface area (Å²) in [4.78, 5) is 11.1. The smallest absolute Gasteiger partial charge is 0.0892 e. The van der Waals surface area contributed by atoms with E-state index in [9.17, 15) is 0 Å². The van der Waals surface area contributed by atoms with Gasteiger partial charge < -0.3 is 4.74 Å². The van der Waals surface area contributed by atoms with E-state index in [1.807, 2.05) is 29.9 Å². The van der Waals surface area contributed by atoms with E-state index in [-0.39, 0.29) is 0 Å². The summed E-state index contributed by atoms with van der Waals surface area (Å²) in [5, 5.41) is 2.12. The normalized spacial score (nSPS) is 20.1. The minimum absolute atomic E-state index is 0.310. The van der Waals surface area contributed by atoms with Crippen LogP contribution in [0.15, 0.2) is 35.3 Å². The van der Waals surface area contributed by atoms with Crippen LogP contribution in [0.4, 0.5) is 0 Å². The maximum absolute atomic E-state index is 6.00. The molecule has 1 aliphatic rings. The first-order valence-corrected chi connectivity index (χ1v) is 7.95. The monoisotopic (exact) mass is 289 g/mol. The van der Waals surface area contributed by atoms with Crippen molar-refractivity contribution in [1.82, 2.24) is 14.9 Å². The number of nitrogens with zero attached hydrogens (tertiary/aromatic N) is 3. The van der Waals surface area contributed by atoms with Crippen LogP contribution in [0.25, 0.3) is 0 Å². The maximum Gasteiger partial charge on any atom is 0.0892 e. The predicted molar refractivity (Wildman–Crippen MR) is 79.4 cm³/mol. The Labute approximate surface area is 123 Å². The Morgan fingerprint density at radius 1 is 1.30 bits per heavy atom. The van der Waals surface area contributed by atoms with Crippen LogP contribution >= 0.6 is 11.3 Å². The molecule has 2 aromatic rings. The van der Waals surface area contributed by atoms with Gasteiger partial charge in [0.05, 0.1) is 29.6 Å². The van der Waals surface area contributed by atoms with Gasteiger partial charge in [0.2, 0.25) is 0 Å². The first-order chi connectivity index (χ1) is 9.90. The number of pyridine rings is 1. The van der Waals surface area contributed by atoms with E-state index in [4.69, 9.17) is 4.74 Å². The molecule has 0 amide bonds. The highest BCUT2D eigenvalue weighted by atomic mass is 32.1. The molecule has 0 unspecified atom stereocenters. The van der Waals surface area contributed by atoms with Gasteiger partial charge in [-0.3, -0.25) is 9.88 Å². The quantitative estimate of drug-likeness (QED) is 0.848. The molecule has 1 atom stereocenters. The molecule has 0 bridgehead atoms. The SMILES string of the molecule is c1ccc(CO[C@@H]2CCCN(Cc3cscn3)C2)nc1. The average Bonchev–Trinajstić information content (AvgIpc) is 3.00. The molecular formula is C15H19N3OS. The van der Waals surface area contributed by atoms with Crippen molar-refractivity contribution in [3.8, 4) is 0 Å². The van der Waals surface area contributed by atoms with Gasteiger partial charge in [-0.2, -0.15) is 0 Å². The van der Waals surface area contributed by atoms with Crippen molar-refractivity contribution in [2.75, 3.05) is 13.1 Å². The van der Waals surface area contributed by atoms with Crippen molar-refractivity contribution in [1.29, 1.82) is 0 Å². The van der Waals surface area contributed by atoms with Crippen LogP contribution in [-0.2, 0) is 17.9 Å². The summed E-state index contributed by atoms with van der Waals surface area (Å²) < 4.78 is 6.00. The lowest BCUT2D eigenvalue weighted by atomic mass is 10.1. The molecular weight excluding hydrogens is 270 g/mol. The lowest BCUT2D eigenvalue weighted by Crippen LogP contribution is -2.39. The topological polar surface area (TPSA) is 38.2 Å². The van der Waals surface area contributed by atoms with Crippen LogP contribution in [-0.4, -0.2) is 34.1 Å². The van der Waals surface area contributed by atoms with Gasteiger partial charge in [-0.15, -0.1) is 11.3 Å². The first-order valence-electron chi connectivity index (χ1n) is 7.01. The zero-order valence-electron chi connectivity index (χ0n) is 11.4. The molecule has 1 saturated heterocycles. The van der Waals surface area contributed by atoms with Crippen molar-refractivity contribution in [3.63, 3.8) is 0 Å². The highest BCUT2D eigenvalue weighted by Gasteiger charge is 2.21. The summed E-state index contributed by atoms with van der Waals surface area (Å²) in [6.07, 6.45) is 4.45. The van der Waals surface area contributed by atoms with Crippen LogP contribution in [0.1, 0.15) is 24.2 Å². The number of hydrogen-bond acceptors (Lipinski definition) is 5. The molecule has 4 nitrogen and oxygen atoms in total. The minimum atomic E-state index is 0.310. The summed E-state index contributed by atoms with van der Waals surface area (Å²) in [6, 6.07) is 5.94. The second-order valence-corrected chi connectivity index (χ2v) is 5.83. The van der Waals surface area contributed by atoms with Gasteiger partial charge in [0, 0.05) is 24.7 Å². The number of ether oxygens (including phenoxy) is 1. The fraction of sp³-hybridized carbons (Fsp3) is 0.467. The summed E-state index contributed by atoms with van der Waals surface area (Å²) in [5.74, 6) is 0.